The molecule has 1 N–H and O–H groups in total. The van der Waals surface area contributed by atoms with Gasteiger partial charge in [-0.25, -0.2) is 4.98 Å². The molecule has 1 heterocycles. The summed E-state index contributed by atoms with van der Waals surface area (Å²) in [5, 5.41) is 18.2. The van der Waals surface area contributed by atoms with Gasteiger partial charge in [-0.05, 0) is 18.2 Å². The molecule has 0 saturated carbocycles. The zero-order chi connectivity index (χ0) is 9.26. The summed E-state index contributed by atoms with van der Waals surface area (Å²) in [6, 6.07) is 7.38. The van der Waals surface area contributed by atoms with E-state index in [-0.39, 0.29) is 6.61 Å². The van der Waals surface area contributed by atoms with Crippen molar-refractivity contribution in [2.45, 2.75) is 6.61 Å². The number of thiazole rings is 1. The van der Waals surface area contributed by atoms with Crippen LogP contribution in [0.15, 0.2) is 18.2 Å². The van der Waals surface area contributed by atoms with E-state index < -0.39 is 0 Å². The second kappa shape index (κ2) is 3.13. The molecule has 2 rings (SSSR count). The average molecular weight is 190 g/mol. The highest BCUT2D eigenvalue weighted by atomic mass is 32.1. The van der Waals surface area contributed by atoms with E-state index in [1.807, 2.05) is 12.1 Å². The third kappa shape index (κ3) is 1.39. The summed E-state index contributed by atoms with van der Waals surface area (Å²) in [7, 11) is 0. The van der Waals surface area contributed by atoms with E-state index in [4.69, 9.17) is 10.4 Å². The molecule has 0 aliphatic rings. The fraction of sp³-hybridized carbons (Fsp3) is 0.111. The van der Waals surface area contributed by atoms with E-state index in [1.165, 1.54) is 11.3 Å². The van der Waals surface area contributed by atoms with Crippen molar-refractivity contribution in [2.24, 2.45) is 0 Å². The van der Waals surface area contributed by atoms with Crippen LogP contribution in [0.3, 0.4) is 0 Å². The van der Waals surface area contributed by atoms with Crippen LogP contribution in [0, 0.1) is 11.3 Å². The number of hydrogen-bond donors (Lipinski definition) is 1. The van der Waals surface area contributed by atoms with Gasteiger partial charge in [-0.3, -0.25) is 0 Å². The highest BCUT2D eigenvalue weighted by molar-refractivity contribution is 7.18. The number of aliphatic hydroxyl groups excluding tert-OH is 1. The third-order valence-corrected chi connectivity index (χ3v) is 2.72. The number of hydrogen-bond acceptors (Lipinski definition) is 4. The monoisotopic (exact) mass is 190 g/mol. The van der Waals surface area contributed by atoms with Crippen molar-refractivity contribution in [3.05, 3.63) is 28.8 Å². The molecule has 0 amide bonds. The molecule has 4 heteroatoms. The van der Waals surface area contributed by atoms with Gasteiger partial charge >= 0.3 is 0 Å². The largest absolute Gasteiger partial charge is 0.389 e. The smallest absolute Gasteiger partial charge is 0.119 e. The lowest BCUT2D eigenvalue weighted by molar-refractivity contribution is 0.281. The Kier molecular flexibility index (Phi) is 1.97. The molecule has 3 nitrogen and oxygen atoms in total. The van der Waals surface area contributed by atoms with Crippen molar-refractivity contribution in [1.29, 1.82) is 5.26 Å². The lowest BCUT2D eigenvalue weighted by Crippen LogP contribution is -1.78. The van der Waals surface area contributed by atoms with Crippen LogP contribution in [0.25, 0.3) is 10.2 Å². The fourth-order valence-corrected chi connectivity index (χ4v) is 1.92. The number of nitriles is 1. The van der Waals surface area contributed by atoms with E-state index in [9.17, 15) is 0 Å². The van der Waals surface area contributed by atoms with Gasteiger partial charge in [0.05, 0.1) is 28.5 Å². The molecule has 0 saturated heterocycles. The first-order valence-corrected chi connectivity index (χ1v) is 4.55. The first kappa shape index (κ1) is 8.17. The zero-order valence-electron chi connectivity index (χ0n) is 6.69. The Balaban J connectivity index is 2.65. The van der Waals surface area contributed by atoms with E-state index >= 15 is 0 Å². The van der Waals surface area contributed by atoms with Crippen molar-refractivity contribution >= 4 is 21.6 Å². The molecule has 64 valence electrons. The van der Waals surface area contributed by atoms with Crippen LogP contribution in [0.2, 0.25) is 0 Å². The highest BCUT2D eigenvalue weighted by Crippen LogP contribution is 2.22. The summed E-state index contributed by atoms with van der Waals surface area (Å²) in [6.07, 6.45) is 0. The summed E-state index contributed by atoms with van der Waals surface area (Å²) < 4.78 is 1.00. The summed E-state index contributed by atoms with van der Waals surface area (Å²) >= 11 is 1.45. The van der Waals surface area contributed by atoms with Crippen molar-refractivity contribution < 1.29 is 5.11 Å². The average Bonchev–Trinajstić information content (AvgIpc) is 2.58. The van der Waals surface area contributed by atoms with Gasteiger partial charge in [0.25, 0.3) is 0 Å². The summed E-state index contributed by atoms with van der Waals surface area (Å²) in [5.74, 6) is 0. The van der Waals surface area contributed by atoms with Gasteiger partial charge in [0.2, 0.25) is 0 Å². The summed E-state index contributed by atoms with van der Waals surface area (Å²) in [6.45, 7) is -0.0404. The molecule has 1 aromatic heterocycles. The minimum absolute atomic E-state index is 0.0404. The fourth-order valence-electron chi connectivity index (χ4n) is 1.11. The predicted molar refractivity (Wildman–Crippen MR) is 50.3 cm³/mol. The second-order valence-electron chi connectivity index (χ2n) is 2.56. The molecule has 0 aliphatic carbocycles. The number of rotatable bonds is 1. The van der Waals surface area contributed by atoms with Gasteiger partial charge in [-0.15, -0.1) is 11.3 Å². The van der Waals surface area contributed by atoms with Crippen LogP contribution < -0.4 is 0 Å². The Morgan fingerprint density at radius 3 is 3.08 bits per heavy atom. The first-order chi connectivity index (χ1) is 6.33. The summed E-state index contributed by atoms with van der Waals surface area (Å²) in [4.78, 5) is 4.16. The van der Waals surface area contributed by atoms with Gasteiger partial charge in [0, 0.05) is 0 Å². The van der Waals surface area contributed by atoms with Crippen molar-refractivity contribution in [3.63, 3.8) is 0 Å². The maximum absolute atomic E-state index is 8.85. The van der Waals surface area contributed by atoms with E-state index in [0.717, 1.165) is 10.2 Å². The SMILES string of the molecule is N#Cc1ccc2sc(CO)nc2c1. The van der Waals surface area contributed by atoms with Crippen molar-refractivity contribution in [3.8, 4) is 6.07 Å². The topological polar surface area (TPSA) is 56.9 Å². The van der Waals surface area contributed by atoms with E-state index in [1.54, 1.807) is 12.1 Å². The lowest BCUT2D eigenvalue weighted by Gasteiger charge is -1.86. The Morgan fingerprint density at radius 1 is 1.54 bits per heavy atom. The molecule has 0 radical (unpaired) electrons. The first-order valence-electron chi connectivity index (χ1n) is 3.74. The highest BCUT2D eigenvalue weighted by Gasteiger charge is 2.02. The maximum Gasteiger partial charge on any atom is 0.119 e. The molecule has 0 atom stereocenters. The zero-order valence-corrected chi connectivity index (χ0v) is 7.51. The standard InChI is InChI=1S/C9H6N2OS/c10-4-6-1-2-8-7(3-6)11-9(5-12)13-8/h1-3,12H,5H2. The van der Waals surface area contributed by atoms with Crippen LogP contribution in [0.1, 0.15) is 10.6 Å². The molecule has 13 heavy (non-hydrogen) atoms. The number of benzene rings is 1. The lowest BCUT2D eigenvalue weighted by atomic mass is 10.2. The second-order valence-corrected chi connectivity index (χ2v) is 3.68. The van der Waals surface area contributed by atoms with Crippen molar-refractivity contribution in [1.82, 2.24) is 4.98 Å². The third-order valence-electron chi connectivity index (χ3n) is 1.70. The van der Waals surface area contributed by atoms with E-state index in [0.29, 0.717) is 10.6 Å². The van der Waals surface area contributed by atoms with Crippen LogP contribution in [0.4, 0.5) is 0 Å². The van der Waals surface area contributed by atoms with Crippen LogP contribution >= 0.6 is 11.3 Å². The van der Waals surface area contributed by atoms with E-state index in [2.05, 4.69) is 4.98 Å². The molecular weight excluding hydrogens is 184 g/mol. The molecule has 0 fully saturated rings. The van der Waals surface area contributed by atoms with Gasteiger partial charge in [0.1, 0.15) is 5.01 Å². The van der Waals surface area contributed by atoms with Gasteiger partial charge in [-0.2, -0.15) is 5.26 Å². The number of aliphatic hydroxyl groups is 1. The van der Waals surface area contributed by atoms with Crippen molar-refractivity contribution in [2.75, 3.05) is 0 Å². The quantitative estimate of drug-likeness (QED) is 0.744. The van der Waals surface area contributed by atoms with Gasteiger partial charge < -0.3 is 5.11 Å². The Bertz CT molecular complexity index is 484. The minimum atomic E-state index is -0.0404. The predicted octanol–water partition coefficient (Wildman–Crippen LogP) is 1.66. The number of nitrogens with zero attached hydrogens (tertiary/aromatic N) is 2. The molecule has 0 spiro atoms. The molecule has 1 aromatic carbocycles. The normalized spacial score (nSPS) is 10.2. The minimum Gasteiger partial charge on any atom is -0.389 e. The molecular formula is C9H6N2OS. The number of fused-ring (bicyclic) bond motifs is 1. The van der Waals surface area contributed by atoms with Gasteiger partial charge in [-0.1, -0.05) is 0 Å². The molecule has 0 unspecified atom stereocenters. The molecule has 2 aromatic rings. The summed E-state index contributed by atoms with van der Waals surface area (Å²) in [5.41, 5.74) is 1.38. The maximum atomic E-state index is 8.85. The molecule has 0 bridgehead atoms. The van der Waals surface area contributed by atoms with Crippen LogP contribution in [0.5, 0.6) is 0 Å². The molecule has 0 aliphatic heterocycles. The van der Waals surface area contributed by atoms with Crippen LogP contribution in [-0.2, 0) is 6.61 Å². The van der Waals surface area contributed by atoms with Crippen LogP contribution in [-0.4, -0.2) is 10.1 Å². The Hall–Kier alpha value is -1.44. The number of aromatic nitrogens is 1. The Morgan fingerprint density at radius 2 is 2.38 bits per heavy atom. The Labute approximate surface area is 78.9 Å². The van der Waals surface area contributed by atoms with Gasteiger partial charge in [0.15, 0.2) is 0 Å².